The van der Waals surface area contributed by atoms with Crippen LogP contribution in [0.3, 0.4) is 0 Å². The molecule has 1 fully saturated rings. The van der Waals surface area contributed by atoms with E-state index in [1.807, 2.05) is 24.3 Å². The summed E-state index contributed by atoms with van der Waals surface area (Å²) in [7, 11) is 1.62. The van der Waals surface area contributed by atoms with Crippen molar-refractivity contribution in [2.24, 2.45) is 0 Å². The maximum atomic E-state index is 12.6. The number of nitrogens with zero attached hydrogens (tertiary/aromatic N) is 5. The van der Waals surface area contributed by atoms with E-state index < -0.39 is 0 Å². The number of rotatable bonds is 4. The Labute approximate surface area is 149 Å². The van der Waals surface area contributed by atoms with E-state index >= 15 is 0 Å². The van der Waals surface area contributed by atoms with Crippen LogP contribution in [0, 0.1) is 0 Å². The summed E-state index contributed by atoms with van der Waals surface area (Å²) >= 11 is 1.51. The average molecular weight is 357 g/mol. The van der Waals surface area contributed by atoms with Crippen LogP contribution in [0.15, 0.2) is 24.3 Å². The minimum Gasteiger partial charge on any atom is -0.495 e. The summed E-state index contributed by atoms with van der Waals surface area (Å²) in [6, 6.07) is 7.59. The maximum absolute atomic E-state index is 12.6. The number of aromatic nitrogens is 4. The second kappa shape index (κ2) is 6.11. The Morgan fingerprint density at radius 3 is 2.84 bits per heavy atom. The van der Waals surface area contributed by atoms with E-state index in [4.69, 9.17) is 4.74 Å². The molecule has 1 aromatic carbocycles. The molecule has 1 saturated heterocycles. The Morgan fingerprint density at radius 1 is 1.28 bits per heavy atom. The summed E-state index contributed by atoms with van der Waals surface area (Å²) in [6.45, 7) is 4.73. The molecule has 1 unspecified atom stereocenters. The summed E-state index contributed by atoms with van der Waals surface area (Å²) in [5.41, 5.74) is 0.809. The number of hydrogen-bond acceptors (Lipinski definition) is 6. The Hall–Kier alpha value is -2.48. The molecule has 1 atom stereocenters. The van der Waals surface area contributed by atoms with Gasteiger partial charge in [0.25, 0.3) is 0 Å². The largest absolute Gasteiger partial charge is 0.495 e. The fraction of sp³-hybridized carbons (Fsp3) is 0.412. The third kappa shape index (κ3) is 2.66. The van der Waals surface area contributed by atoms with E-state index in [1.54, 1.807) is 16.5 Å². The summed E-state index contributed by atoms with van der Waals surface area (Å²) in [6.07, 6.45) is 0.444. The van der Waals surface area contributed by atoms with Crippen molar-refractivity contribution in [3.63, 3.8) is 0 Å². The lowest BCUT2D eigenvalue weighted by molar-refractivity contribution is -0.117. The first-order valence-electron chi connectivity index (χ1n) is 8.24. The van der Waals surface area contributed by atoms with Crippen LogP contribution in [0.25, 0.3) is 4.96 Å². The van der Waals surface area contributed by atoms with E-state index in [1.165, 1.54) is 11.3 Å². The minimum atomic E-state index is 0.0594. The van der Waals surface area contributed by atoms with Crippen molar-refractivity contribution in [3.8, 4) is 5.75 Å². The van der Waals surface area contributed by atoms with Gasteiger partial charge in [0.05, 0.1) is 12.8 Å². The molecule has 0 N–H and O–H groups in total. The molecule has 0 radical (unpaired) electrons. The number of para-hydroxylation sites is 2. The lowest BCUT2D eigenvalue weighted by Crippen LogP contribution is -2.24. The fourth-order valence-corrected chi connectivity index (χ4v) is 4.07. The first-order chi connectivity index (χ1) is 12.1. The maximum Gasteiger partial charge on any atom is 0.234 e. The highest BCUT2D eigenvalue weighted by Crippen LogP contribution is 2.37. The third-order valence-corrected chi connectivity index (χ3v) is 5.46. The van der Waals surface area contributed by atoms with E-state index in [0.717, 1.165) is 21.5 Å². The van der Waals surface area contributed by atoms with Gasteiger partial charge in [0.2, 0.25) is 10.9 Å². The zero-order valence-electron chi connectivity index (χ0n) is 14.3. The van der Waals surface area contributed by atoms with Crippen LogP contribution in [-0.4, -0.2) is 39.4 Å². The van der Waals surface area contributed by atoms with E-state index in [2.05, 4.69) is 29.1 Å². The molecule has 1 aliphatic heterocycles. The van der Waals surface area contributed by atoms with Crippen LogP contribution in [0.4, 0.5) is 5.69 Å². The van der Waals surface area contributed by atoms with Crippen LogP contribution in [-0.2, 0) is 4.79 Å². The molecular weight excluding hydrogens is 338 g/mol. The van der Waals surface area contributed by atoms with Gasteiger partial charge in [0.15, 0.2) is 5.82 Å². The number of carbonyl (C=O) groups excluding carboxylic acids is 1. The van der Waals surface area contributed by atoms with Crippen molar-refractivity contribution < 1.29 is 9.53 Å². The molecule has 3 heterocycles. The molecule has 3 aromatic rings. The average Bonchev–Trinajstić information content (AvgIpc) is 3.27. The number of fused-ring (bicyclic) bond motifs is 1. The number of ether oxygens (including phenoxy) is 1. The van der Waals surface area contributed by atoms with E-state index in [9.17, 15) is 4.79 Å². The van der Waals surface area contributed by atoms with Crippen LogP contribution >= 0.6 is 11.3 Å². The molecule has 25 heavy (non-hydrogen) atoms. The first kappa shape index (κ1) is 16.0. The molecule has 0 aliphatic carbocycles. The quantitative estimate of drug-likeness (QED) is 0.718. The number of benzene rings is 1. The predicted octanol–water partition coefficient (Wildman–Crippen LogP) is 2.84. The predicted molar refractivity (Wildman–Crippen MR) is 95.5 cm³/mol. The van der Waals surface area contributed by atoms with Crippen molar-refractivity contribution in [2.45, 2.75) is 32.1 Å². The Morgan fingerprint density at radius 2 is 2.08 bits per heavy atom. The molecular formula is C17H19N5O2S. The van der Waals surface area contributed by atoms with Gasteiger partial charge in [-0.05, 0) is 12.1 Å². The normalized spacial score (nSPS) is 17.8. The van der Waals surface area contributed by atoms with Crippen LogP contribution < -0.4 is 9.64 Å². The Bertz CT molecular complexity index is 932. The van der Waals surface area contributed by atoms with Crippen LogP contribution in [0.2, 0.25) is 0 Å². The van der Waals surface area contributed by atoms with Gasteiger partial charge in [-0.2, -0.15) is 9.61 Å². The zero-order valence-corrected chi connectivity index (χ0v) is 15.2. The first-order valence-corrected chi connectivity index (χ1v) is 9.05. The van der Waals surface area contributed by atoms with E-state index in [0.29, 0.717) is 18.7 Å². The van der Waals surface area contributed by atoms with Gasteiger partial charge in [0, 0.05) is 24.8 Å². The number of hydrogen-bond donors (Lipinski definition) is 0. The molecule has 1 amide bonds. The minimum absolute atomic E-state index is 0.0594. The SMILES string of the molecule is COc1ccccc1N1CC(c2nn3c(C(C)C)nnc3s2)CC1=O. The van der Waals surface area contributed by atoms with Crippen LogP contribution in [0.1, 0.15) is 42.9 Å². The van der Waals surface area contributed by atoms with Gasteiger partial charge in [0.1, 0.15) is 10.8 Å². The highest BCUT2D eigenvalue weighted by molar-refractivity contribution is 7.16. The number of carbonyl (C=O) groups is 1. The number of methoxy groups -OCH3 is 1. The van der Waals surface area contributed by atoms with Crippen molar-refractivity contribution >= 4 is 27.9 Å². The van der Waals surface area contributed by atoms with Gasteiger partial charge < -0.3 is 9.64 Å². The fourth-order valence-electron chi connectivity index (χ4n) is 3.13. The molecule has 130 valence electrons. The smallest absolute Gasteiger partial charge is 0.234 e. The lowest BCUT2D eigenvalue weighted by atomic mass is 10.1. The number of anilines is 1. The lowest BCUT2D eigenvalue weighted by Gasteiger charge is -2.19. The third-order valence-electron chi connectivity index (χ3n) is 4.40. The molecule has 2 aromatic heterocycles. The van der Waals surface area contributed by atoms with Crippen LogP contribution in [0.5, 0.6) is 5.75 Å². The van der Waals surface area contributed by atoms with Gasteiger partial charge >= 0.3 is 0 Å². The van der Waals surface area contributed by atoms with Gasteiger partial charge in [-0.15, -0.1) is 10.2 Å². The van der Waals surface area contributed by atoms with Gasteiger partial charge in [-0.25, -0.2) is 0 Å². The molecule has 8 heteroatoms. The Kier molecular flexibility index (Phi) is 3.91. The monoisotopic (exact) mass is 357 g/mol. The summed E-state index contributed by atoms with van der Waals surface area (Å²) in [5, 5.41) is 14.0. The molecule has 7 nitrogen and oxygen atoms in total. The summed E-state index contributed by atoms with van der Waals surface area (Å²) in [5.74, 6) is 1.95. The van der Waals surface area contributed by atoms with Crippen molar-refractivity contribution in [2.75, 3.05) is 18.6 Å². The van der Waals surface area contributed by atoms with Crippen molar-refractivity contribution in [3.05, 3.63) is 35.1 Å². The second-order valence-corrected chi connectivity index (χ2v) is 7.41. The molecule has 0 bridgehead atoms. The summed E-state index contributed by atoms with van der Waals surface area (Å²) < 4.78 is 7.20. The topological polar surface area (TPSA) is 72.6 Å². The molecule has 0 spiro atoms. The standard InChI is InChI=1S/C17H19N5O2S/c1-10(2)15-18-19-17-22(15)20-16(25-17)11-8-14(23)21(9-11)12-6-4-5-7-13(12)24-3/h4-7,10-11H,8-9H2,1-3H3. The van der Waals surface area contributed by atoms with Crippen molar-refractivity contribution in [1.29, 1.82) is 0 Å². The zero-order chi connectivity index (χ0) is 17.6. The summed E-state index contributed by atoms with van der Waals surface area (Å²) in [4.78, 5) is 15.1. The van der Waals surface area contributed by atoms with Gasteiger partial charge in [-0.3, -0.25) is 4.79 Å². The molecule has 4 rings (SSSR count). The molecule has 0 saturated carbocycles. The van der Waals surface area contributed by atoms with Gasteiger partial charge in [-0.1, -0.05) is 37.3 Å². The highest BCUT2D eigenvalue weighted by atomic mass is 32.1. The molecule has 1 aliphatic rings. The number of amides is 1. The Balaban J connectivity index is 1.64. The van der Waals surface area contributed by atoms with E-state index in [-0.39, 0.29) is 17.7 Å². The highest BCUT2D eigenvalue weighted by Gasteiger charge is 2.35. The van der Waals surface area contributed by atoms with Crippen molar-refractivity contribution in [1.82, 2.24) is 19.8 Å². The second-order valence-electron chi connectivity index (χ2n) is 6.42.